The van der Waals surface area contributed by atoms with Gasteiger partial charge in [0.05, 0.1) is 23.4 Å². The van der Waals surface area contributed by atoms with E-state index in [1.165, 1.54) is 7.11 Å². The maximum Gasteiger partial charge on any atom is 0.336 e. The highest BCUT2D eigenvalue weighted by atomic mass is 35.5. The molecule has 0 aliphatic rings. The van der Waals surface area contributed by atoms with E-state index in [0.29, 0.717) is 22.1 Å². The van der Waals surface area contributed by atoms with E-state index < -0.39 is 0 Å². The fourth-order valence-electron chi connectivity index (χ4n) is 3.09. The first-order chi connectivity index (χ1) is 14.6. The Morgan fingerprint density at radius 3 is 2.40 bits per heavy atom. The Hall–Kier alpha value is -3.64. The van der Waals surface area contributed by atoms with Gasteiger partial charge in [0.25, 0.3) is 5.91 Å². The topological polar surface area (TPSA) is 69.0 Å². The summed E-state index contributed by atoms with van der Waals surface area (Å²) in [5, 5.41) is 7.71. The Balaban J connectivity index is 1.64. The smallest absolute Gasteiger partial charge is 0.336 e. The second kappa shape index (κ2) is 8.39. The average Bonchev–Trinajstić information content (AvgIpc) is 3.19. The normalized spacial score (nSPS) is 10.6. The zero-order chi connectivity index (χ0) is 21.1. The zero-order valence-electron chi connectivity index (χ0n) is 16.5. The number of amides is 1. The summed E-state index contributed by atoms with van der Waals surface area (Å²) >= 11 is 6.10. The van der Waals surface area contributed by atoms with Crippen LogP contribution in [0, 0.1) is 6.92 Å². The number of aryl methyl sites for hydroxylation is 1. The SMILES string of the molecule is COc1nc(-c2ccccc2C)n(-c2ccc(NC(=O)c3ccccc3Cl)cc2)n1. The van der Waals surface area contributed by atoms with Gasteiger partial charge in [0.15, 0.2) is 5.82 Å². The molecule has 0 fully saturated rings. The van der Waals surface area contributed by atoms with Gasteiger partial charge in [-0.1, -0.05) is 48.0 Å². The number of ether oxygens (including phenoxy) is 1. The summed E-state index contributed by atoms with van der Waals surface area (Å²) in [6.45, 7) is 2.02. The van der Waals surface area contributed by atoms with Crippen LogP contribution in [-0.4, -0.2) is 27.8 Å². The van der Waals surface area contributed by atoms with Crippen LogP contribution in [0.5, 0.6) is 6.01 Å². The van der Waals surface area contributed by atoms with Crippen molar-refractivity contribution in [2.24, 2.45) is 0 Å². The molecule has 4 aromatic rings. The minimum Gasteiger partial charge on any atom is -0.466 e. The van der Waals surface area contributed by atoms with Gasteiger partial charge in [-0.3, -0.25) is 4.79 Å². The first-order valence-corrected chi connectivity index (χ1v) is 9.68. The Kier molecular flexibility index (Phi) is 5.50. The van der Waals surface area contributed by atoms with E-state index in [1.54, 1.807) is 41.1 Å². The number of aromatic nitrogens is 3. The number of halogens is 1. The van der Waals surface area contributed by atoms with Crippen LogP contribution in [0.1, 0.15) is 15.9 Å². The van der Waals surface area contributed by atoms with Crippen molar-refractivity contribution in [2.45, 2.75) is 6.92 Å². The van der Waals surface area contributed by atoms with Gasteiger partial charge in [0, 0.05) is 11.3 Å². The lowest BCUT2D eigenvalue weighted by Gasteiger charge is -2.10. The van der Waals surface area contributed by atoms with Crippen LogP contribution in [0.3, 0.4) is 0 Å². The monoisotopic (exact) mass is 418 g/mol. The van der Waals surface area contributed by atoms with Crippen LogP contribution in [0.15, 0.2) is 72.8 Å². The molecule has 4 rings (SSSR count). The molecule has 3 aromatic carbocycles. The Labute approximate surface area is 179 Å². The number of methoxy groups -OCH3 is 1. The van der Waals surface area contributed by atoms with E-state index in [2.05, 4.69) is 15.4 Å². The van der Waals surface area contributed by atoms with Gasteiger partial charge in [-0.15, -0.1) is 5.10 Å². The molecule has 0 bridgehead atoms. The molecule has 0 saturated heterocycles. The van der Waals surface area contributed by atoms with Crippen molar-refractivity contribution in [2.75, 3.05) is 12.4 Å². The molecule has 0 spiro atoms. The maximum atomic E-state index is 12.5. The van der Waals surface area contributed by atoms with E-state index in [-0.39, 0.29) is 11.9 Å². The highest BCUT2D eigenvalue weighted by molar-refractivity contribution is 6.34. The number of anilines is 1. The number of hydrogen-bond acceptors (Lipinski definition) is 4. The van der Waals surface area contributed by atoms with E-state index in [0.717, 1.165) is 16.8 Å². The predicted molar refractivity (Wildman–Crippen MR) is 117 cm³/mol. The Bertz CT molecular complexity index is 1200. The van der Waals surface area contributed by atoms with Crippen LogP contribution in [0.2, 0.25) is 5.02 Å². The summed E-state index contributed by atoms with van der Waals surface area (Å²) in [5.41, 5.74) is 3.90. The number of carbonyl (C=O) groups excluding carboxylic acids is 1. The van der Waals surface area contributed by atoms with Crippen molar-refractivity contribution in [3.05, 3.63) is 88.9 Å². The molecule has 1 N–H and O–H groups in total. The summed E-state index contributed by atoms with van der Waals surface area (Å²) in [4.78, 5) is 17.0. The highest BCUT2D eigenvalue weighted by Gasteiger charge is 2.16. The molecule has 1 amide bonds. The number of rotatable bonds is 5. The van der Waals surface area contributed by atoms with Crippen molar-refractivity contribution in [1.82, 2.24) is 14.8 Å². The predicted octanol–water partition coefficient (Wildman–Crippen LogP) is 5.16. The van der Waals surface area contributed by atoms with Gasteiger partial charge < -0.3 is 10.1 Å². The summed E-state index contributed by atoms with van der Waals surface area (Å²) in [6, 6.07) is 22.5. The van der Waals surface area contributed by atoms with Gasteiger partial charge in [-0.2, -0.15) is 4.98 Å². The van der Waals surface area contributed by atoms with E-state index in [4.69, 9.17) is 16.3 Å². The van der Waals surface area contributed by atoms with Crippen molar-refractivity contribution in [3.63, 3.8) is 0 Å². The molecule has 0 aliphatic carbocycles. The van der Waals surface area contributed by atoms with Crippen LogP contribution < -0.4 is 10.1 Å². The quantitative estimate of drug-likeness (QED) is 0.486. The molecule has 1 heterocycles. The zero-order valence-corrected chi connectivity index (χ0v) is 17.2. The number of hydrogen-bond donors (Lipinski definition) is 1. The third-order valence-electron chi connectivity index (χ3n) is 4.64. The minimum atomic E-state index is -0.267. The lowest BCUT2D eigenvalue weighted by atomic mass is 10.1. The van der Waals surface area contributed by atoms with Crippen molar-refractivity contribution < 1.29 is 9.53 Å². The van der Waals surface area contributed by atoms with Crippen LogP contribution in [0.25, 0.3) is 17.1 Å². The molecule has 0 aliphatic heterocycles. The number of nitrogens with zero attached hydrogens (tertiary/aromatic N) is 3. The van der Waals surface area contributed by atoms with Crippen molar-refractivity contribution in [1.29, 1.82) is 0 Å². The number of benzene rings is 3. The van der Waals surface area contributed by atoms with Gasteiger partial charge in [-0.05, 0) is 48.9 Å². The molecule has 0 saturated carbocycles. The van der Waals surface area contributed by atoms with Gasteiger partial charge in [0.1, 0.15) is 0 Å². The fourth-order valence-corrected chi connectivity index (χ4v) is 3.31. The molecule has 0 radical (unpaired) electrons. The van der Waals surface area contributed by atoms with Crippen LogP contribution in [0.4, 0.5) is 5.69 Å². The van der Waals surface area contributed by atoms with Crippen molar-refractivity contribution >= 4 is 23.2 Å². The van der Waals surface area contributed by atoms with E-state index >= 15 is 0 Å². The minimum absolute atomic E-state index is 0.267. The van der Waals surface area contributed by atoms with Crippen LogP contribution in [-0.2, 0) is 0 Å². The largest absolute Gasteiger partial charge is 0.466 e. The maximum absolute atomic E-state index is 12.5. The molecule has 0 atom stereocenters. The lowest BCUT2D eigenvalue weighted by Crippen LogP contribution is -2.12. The first-order valence-electron chi connectivity index (χ1n) is 9.30. The fraction of sp³-hybridized carbons (Fsp3) is 0.0870. The van der Waals surface area contributed by atoms with Crippen molar-refractivity contribution in [3.8, 4) is 23.1 Å². The van der Waals surface area contributed by atoms with Gasteiger partial charge in [-0.25, -0.2) is 4.68 Å². The molecular weight excluding hydrogens is 400 g/mol. The molecule has 0 unspecified atom stereocenters. The second-order valence-electron chi connectivity index (χ2n) is 6.63. The number of nitrogens with one attached hydrogen (secondary N) is 1. The third-order valence-corrected chi connectivity index (χ3v) is 4.97. The van der Waals surface area contributed by atoms with Gasteiger partial charge >= 0.3 is 6.01 Å². The summed E-state index contributed by atoms with van der Waals surface area (Å²) in [7, 11) is 1.54. The van der Waals surface area contributed by atoms with Gasteiger partial charge in [0.2, 0.25) is 0 Å². The first kappa shape index (κ1) is 19.7. The second-order valence-corrected chi connectivity index (χ2v) is 7.04. The molecule has 150 valence electrons. The Morgan fingerprint density at radius 2 is 1.70 bits per heavy atom. The molecular formula is C23H19ClN4O2. The summed E-state index contributed by atoms with van der Waals surface area (Å²) in [6.07, 6.45) is 0. The molecule has 30 heavy (non-hydrogen) atoms. The van der Waals surface area contributed by atoms with E-state index in [9.17, 15) is 4.79 Å². The Morgan fingerprint density at radius 1 is 1.00 bits per heavy atom. The number of carbonyl (C=O) groups is 1. The molecule has 7 heteroatoms. The molecule has 1 aromatic heterocycles. The highest BCUT2D eigenvalue weighted by Crippen LogP contribution is 2.27. The molecule has 6 nitrogen and oxygen atoms in total. The van der Waals surface area contributed by atoms with Crippen LogP contribution >= 0.6 is 11.6 Å². The standard InChI is InChI=1S/C23H19ClN4O2/c1-15-7-3-4-8-18(15)21-26-23(30-2)27-28(21)17-13-11-16(12-14-17)25-22(29)19-9-5-6-10-20(19)24/h3-14H,1-2H3,(H,25,29). The summed E-state index contributed by atoms with van der Waals surface area (Å²) < 4.78 is 6.97. The third kappa shape index (κ3) is 3.90. The van der Waals surface area contributed by atoms with E-state index in [1.807, 2.05) is 43.3 Å². The summed E-state index contributed by atoms with van der Waals surface area (Å²) in [5.74, 6) is 0.411. The average molecular weight is 419 g/mol. The lowest BCUT2D eigenvalue weighted by molar-refractivity contribution is 0.102.